The summed E-state index contributed by atoms with van der Waals surface area (Å²) < 4.78 is 5.24. The lowest BCUT2D eigenvalue weighted by Gasteiger charge is -2.10. The van der Waals surface area contributed by atoms with Crippen LogP contribution in [0, 0.1) is 0 Å². The van der Waals surface area contributed by atoms with Crippen molar-refractivity contribution in [3.05, 3.63) is 41.1 Å². The third-order valence-corrected chi connectivity index (χ3v) is 1.89. The van der Waals surface area contributed by atoms with E-state index in [4.69, 9.17) is 16.3 Å². The van der Waals surface area contributed by atoms with Crippen molar-refractivity contribution >= 4 is 11.6 Å². The summed E-state index contributed by atoms with van der Waals surface area (Å²) in [6, 6.07) is 5.65. The molecule has 2 rings (SSSR count). The second-order valence-corrected chi connectivity index (χ2v) is 2.88. The van der Waals surface area contributed by atoms with Gasteiger partial charge in [-0.15, -0.1) is 0 Å². The van der Waals surface area contributed by atoms with Gasteiger partial charge in [-0.05, 0) is 30.7 Å². The van der Waals surface area contributed by atoms with Gasteiger partial charge in [0.15, 0.2) is 0 Å². The maximum absolute atomic E-state index is 5.80. The standard InChI is InChI=1S/C9H7ClO/c10-8-3-4-9-7(6-8)2-1-5-11-9/h1,3-6H,2H2. The fourth-order valence-electron chi connectivity index (χ4n) is 1.12. The normalized spacial score (nSPS) is 13.9. The number of hydrogen-bond acceptors (Lipinski definition) is 1. The summed E-state index contributed by atoms with van der Waals surface area (Å²) in [6.07, 6.45) is 4.59. The van der Waals surface area contributed by atoms with Crippen LogP contribution in [0.5, 0.6) is 5.75 Å². The molecule has 0 unspecified atom stereocenters. The monoisotopic (exact) mass is 166 g/mol. The minimum Gasteiger partial charge on any atom is -0.465 e. The molecule has 1 aliphatic heterocycles. The highest BCUT2D eigenvalue weighted by atomic mass is 35.5. The zero-order chi connectivity index (χ0) is 7.68. The van der Waals surface area contributed by atoms with Gasteiger partial charge in [0.05, 0.1) is 6.26 Å². The quantitative estimate of drug-likeness (QED) is 0.576. The fraction of sp³-hybridized carbons (Fsp3) is 0.111. The lowest BCUT2D eigenvalue weighted by Crippen LogP contribution is -1.95. The molecule has 1 aromatic rings. The molecule has 0 atom stereocenters. The molecular formula is C9H7ClO. The number of fused-ring (bicyclic) bond motifs is 1. The Balaban J connectivity index is 2.48. The summed E-state index contributed by atoms with van der Waals surface area (Å²) in [5.41, 5.74) is 1.15. The van der Waals surface area contributed by atoms with Crippen LogP contribution in [0.2, 0.25) is 5.02 Å². The Morgan fingerprint density at radius 3 is 3.18 bits per heavy atom. The smallest absolute Gasteiger partial charge is 0.130 e. The number of halogens is 1. The van der Waals surface area contributed by atoms with Gasteiger partial charge in [-0.1, -0.05) is 11.6 Å². The van der Waals surface area contributed by atoms with Gasteiger partial charge < -0.3 is 4.74 Å². The molecule has 0 aliphatic carbocycles. The molecule has 0 N–H and O–H groups in total. The molecular weight excluding hydrogens is 160 g/mol. The van der Waals surface area contributed by atoms with Crippen molar-refractivity contribution in [2.24, 2.45) is 0 Å². The average molecular weight is 167 g/mol. The van der Waals surface area contributed by atoms with Crippen LogP contribution in [0.3, 0.4) is 0 Å². The molecule has 0 amide bonds. The van der Waals surface area contributed by atoms with E-state index in [0.29, 0.717) is 0 Å². The van der Waals surface area contributed by atoms with Crippen LogP contribution in [-0.2, 0) is 6.42 Å². The first-order valence-electron chi connectivity index (χ1n) is 3.46. The topological polar surface area (TPSA) is 9.23 Å². The Morgan fingerprint density at radius 2 is 2.27 bits per heavy atom. The van der Waals surface area contributed by atoms with Crippen LogP contribution in [0.1, 0.15) is 5.56 Å². The van der Waals surface area contributed by atoms with E-state index in [9.17, 15) is 0 Å². The van der Waals surface area contributed by atoms with E-state index >= 15 is 0 Å². The van der Waals surface area contributed by atoms with Gasteiger partial charge in [0.25, 0.3) is 0 Å². The van der Waals surface area contributed by atoms with Gasteiger partial charge in [0, 0.05) is 10.6 Å². The van der Waals surface area contributed by atoms with E-state index in [2.05, 4.69) is 0 Å². The minimum atomic E-state index is 0.766. The maximum Gasteiger partial charge on any atom is 0.130 e. The highest BCUT2D eigenvalue weighted by Gasteiger charge is 2.05. The van der Waals surface area contributed by atoms with Crippen molar-refractivity contribution in [2.75, 3.05) is 0 Å². The molecule has 2 heteroatoms. The molecule has 1 heterocycles. The lowest BCUT2D eigenvalue weighted by atomic mass is 10.1. The van der Waals surface area contributed by atoms with E-state index in [1.807, 2.05) is 24.3 Å². The zero-order valence-electron chi connectivity index (χ0n) is 5.88. The highest BCUT2D eigenvalue weighted by molar-refractivity contribution is 6.30. The molecule has 1 aromatic carbocycles. The lowest BCUT2D eigenvalue weighted by molar-refractivity contribution is 0.464. The van der Waals surface area contributed by atoms with E-state index in [-0.39, 0.29) is 0 Å². The van der Waals surface area contributed by atoms with E-state index in [1.54, 1.807) is 6.26 Å². The van der Waals surface area contributed by atoms with Crippen molar-refractivity contribution in [2.45, 2.75) is 6.42 Å². The van der Waals surface area contributed by atoms with E-state index < -0.39 is 0 Å². The zero-order valence-corrected chi connectivity index (χ0v) is 6.64. The molecule has 0 spiro atoms. The summed E-state index contributed by atoms with van der Waals surface area (Å²) in [5.74, 6) is 0.914. The van der Waals surface area contributed by atoms with Crippen LogP contribution in [0.15, 0.2) is 30.5 Å². The van der Waals surface area contributed by atoms with Crippen molar-refractivity contribution < 1.29 is 4.74 Å². The molecule has 0 aromatic heterocycles. The highest BCUT2D eigenvalue weighted by Crippen LogP contribution is 2.25. The van der Waals surface area contributed by atoms with Crippen molar-refractivity contribution in [3.8, 4) is 5.75 Å². The third kappa shape index (κ3) is 1.24. The summed E-state index contributed by atoms with van der Waals surface area (Å²) in [6.45, 7) is 0. The largest absolute Gasteiger partial charge is 0.465 e. The first-order chi connectivity index (χ1) is 5.36. The second-order valence-electron chi connectivity index (χ2n) is 2.45. The Morgan fingerprint density at radius 1 is 1.36 bits per heavy atom. The van der Waals surface area contributed by atoms with Gasteiger partial charge in [-0.25, -0.2) is 0 Å². The molecule has 0 saturated carbocycles. The van der Waals surface area contributed by atoms with E-state index in [0.717, 1.165) is 22.8 Å². The molecule has 56 valence electrons. The van der Waals surface area contributed by atoms with Crippen LogP contribution < -0.4 is 4.74 Å². The van der Waals surface area contributed by atoms with Gasteiger partial charge in [-0.2, -0.15) is 0 Å². The number of ether oxygens (including phenoxy) is 1. The number of benzene rings is 1. The van der Waals surface area contributed by atoms with Gasteiger partial charge >= 0.3 is 0 Å². The molecule has 0 fully saturated rings. The predicted molar refractivity (Wildman–Crippen MR) is 44.9 cm³/mol. The van der Waals surface area contributed by atoms with Gasteiger partial charge in [-0.3, -0.25) is 0 Å². The number of rotatable bonds is 0. The minimum absolute atomic E-state index is 0.766. The number of allylic oxidation sites excluding steroid dienone is 1. The van der Waals surface area contributed by atoms with Gasteiger partial charge in [0.1, 0.15) is 5.75 Å². The first kappa shape index (κ1) is 6.74. The summed E-state index contributed by atoms with van der Waals surface area (Å²) in [5, 5.41) is 0.766. The third-order valence-electron chi connectivity index (χ3n) is 1.65. The van der Waals surface area contributed by atoms with Crippen LogP contribution in [0.4, 0.5) is 0 Å². The van der Waals surface area contributed by atoms with Crippen LogP contribution >= 0.6 is 11.6 Å². The maximum atomic E-state index is 5.80. The Bertz CT molecular complexity index is 304. The molecule has 0 radical (unpaired) electrons. The Hall–Kier alpha value is -0.950. The van der Waals surface area contributed by atoms with Crippen LogP contribution in [-0.4, -0.2) is 0 Å². The Labute approximate surface area is 70.2 Å². The first-order valence-corrected chi connectivity index (χ1v) is 3.84. The van der Waals surface area contributed by atoms with Crippen molar-refractivity contribution in [3.63, 3.8) is 0 Å². The number of hydrogen-bond donors (Lipinski definition) is 0. The second kappa shape index (κ2) is 2.59. The van der Waals surface area contributed by atoms with Crippen molar-refractivity contribution in [1.29, 1.82) is 0 Å². The average Bonchev–Trinajstić information content (AvgIpc) is 2.04. The Kier molecular flexibility index (Phi) is 1.59. The molecule has 0 bridgehead atoms. The SMILES string of the molecule is Clc1ccc2c(c1)CC=CO2. The summed E-state index contributed by atoms with van der Waals surface area (Å²) >= 11 is 5.80. The summed E-state index contributed by atoms with van der Waals surface area (Å²) in [7, 11) is 0. The molecule has 11 heavy (non-hydrogen) atoms. The molecule has 1 aliphatic rings. The fourth-order valence-corrected chi connectivity index (χ4v) is 1.31. The predicted octanol–water partition coefficient (Wildman–Crippen LogP) is 2.79. The molecule has 1 nitrogen and oxygen atoms in total. The van der Waals surface area contributed by atoms with Crippen LogP contribution in [0.25, 0.3) is 0 Å². The van der Waals surface area contributed by atoms with Crippen molar-refractivity contribution in [1.82, 2.24) is 0 Å². The summed E-state index contributed by atoms with van der Waals surface area (Å²) in [4.78, 5) is 0. The molecule has 0 saturated heterocycles. The van der Waals surface area contributed by atoms with Gasteiger partial charge in [0.2, 0.25) is 0 Å². The van der Waals surface area contributed by atoms with E-state index in [1.165, 1.54) is 0 Å².